The van der Waals surface area contributed by atoms with E-state index in [1.165, 1.54) is 12.8 Å². The predicted molar refractivity (Wildman–Crippen MR) is 67.9 cm³/mol. The first-order valence-electron chi connectivity index (χ1n) is 5.88. The molecule has 0 aromatic carbocycles. The summed E-state index contributed by atoms with van der Waals surface area (Å²) in [6.07, 6.45) is 7.22. The molecule has 1 N–H and O–H groups in total. The summed E-state index contributed by atoms with van der Waals surface area (Å²) in [6, 6.07) is 4.70. The first-order valence-corrected chi connectivity index (χ1v) is 6.69. The Hall–Kier alpha value is -1.33. The van der Waals surface area contributed by atoms with Crippen LogP contribution < -0.4 is 5.32 Å². The van der Waals surface area contributed by atoms with Crippen LogP contribution in [0.5, 0.6) is 0 Å². The van der Waals surface area contributed by atoms with Crippen molar-refractivity contribution in [2.75, 3.05) is 6.54 Å². The summed E-state index contributed by atoms with van der Waals surface area (Å²) in [5.74, 6) is 0. The fourth-order valence-electron chi connectivity index (χ4n) is 1.63. The Morgan fingerprint density at radius 1 is 1.35 bits per heavy atom. The van der Waals surface area contributed by atoms with Gasteiger partial charge in [-0.05, 0) is 25.0 Å². The minimum absolute atomic E-state index is 0.765. The fourth-order valence-corrected chi connectivity index (χ4v) is 2.46. The number of aromatic nitrogens is 3. The first-order chi connectivity index (χ1) is 8.42. The van der Waals surface area contributed by atoms with E-state index in [-0.39, 0.29) is 0 Å². The van der Waals surface area contributed by atoms with Crippen molar-refractivity contribution in [1.82, 2.24) is 20.5 Å². The minimum Gasteiger partial charge on any atom is -0.314 e. The Labute approximate surface area is 104 Å². The lowest BCUT2D eigenvalue weighted by Crippen LogP contribution is -2.19. The zero-order valence-electron chi connectivity index (χ0n) is 9.47. The van der Waals surface area contributed by atoms with Crippen LogP contribution in [0.25, 0.3) is 10.6 Å². The number of nitrogens with one attached hydrogen (secondary N) is 1. The van der Waals surface area contributed by atoms with E-state index in [4.69, 9.17) is 0 Å². The lowest BCUT2D eigenvalue weighted by Gasteiger charge is -1.97. The molecule has 88 valence electrons. The Balaban J connectivity index is 1.61. The normalized spacial score (nSPS) is 15.1. The van der Waals surface area contributed by atoms with Crippen molar-refractivity contribution in [3.63, 3.8) is 0 Å². The molecule has 4 nitrogen and oxygen atoms in total. The van der Waals surface area contributed by atoms with Gasteiger partial charge in [0.2, 0.25) is 0 Å². The molecule has 0 aliphatic heterocycles. The van der Waals surface area contributed by atoms with Gasteiger partial charge in [0.25, 0.3) is 0 Å². The highest BCUT2D eigenvalue weighted by Crippen LogP contribution is 2.23. The topological polar surface area (TPSA) is 50.7 Å². The zero-order chi connectivity index (χ0) is 11.5. The fraction of sp³-hybridized carbons (Fsp3) is 0.417. The van der Waals surface area contributed by atoms with Gasteiger partial charge in [0.15, 0.2) is 0 Å². The molecule has 2 aromatic heterocycles. The predicted octanol–water partition coefficient (Wildman–Crippen LogP) is 1.89. The molecule has 0 saturated heterocycles. The minimum atomic E-state index is 0.765. The molecule has 0 bridgehead atoms. The Kier molecular flexibility index (Phi) is 3.11. The van der Waals surface area contributed by atoms with Crippen LogP contribution in [-0.4, -0.2) is 27.8 Å². The number of hydrogen-bond donors (Lipinski definition) is 1. The van der Waals surface area contributed by atoms with Crippen LogP contribution in [0.4, 0.5) is 0 Å². The molecule has 17 heavy (non-hydrogen) atoms. The van der Waals surface area contributed by atoms with Gasteiger partial charge in [-0.3, -0.25) is 4.98 Å². The maximum absolute atomic E-state index is 4.21. The van der Waals surface area contributed by atoms with E-state index < -0.39 is 0 Å². The van der Waals surface area contributed by atoms with Crippen molar-refractivity contribution in [1.29, 1.82) is 0 Å². The second-order valence-electron chi connectivity index (χ2n) is 4.22. The average Bonchev–Trinajstić information content (AvgIpc) is 3.07. The van der Waals surface area contributed by atoms with Crippen molar-refractivity contribution in [2.24, 2.45) is 0 Å². The highest BCUT2D eigenvalue weighted by Gasteiger charge is 2.19. The number of rotatable bonds is 5. The monoisotopic (exact) mass is 246 g/mol. The summed E-state index contributed by atoms with van der Waals surface area (Å²) in [4.78, 5) is 4.09. The molecule has 1 saturated carbocycles. The van der Waals surface area contributed by atoms with Crippen LogP contribution >= 0.6 is 11.3 Å². The second-order valence-corrected chi connectivity index (χ2v) is 5.28. The van der Waals surface area contributed by atoms with Crippen LogP contribution in [0.3, 0.4) is 0 Å². The summed E-state index contributed by atoms with van der Waals surface area (Å²) in [6.45, 7) is 1.01. The molecule has 0 atom stereocenters. The largest absolute Gasteiger partial charge is 0.314 e. The van der Waals surface area contributed by atoms with E-state index >= 15 is 0 Å². The first kappa shape index (κ1) is 10.8. The van der Waals surface area contributed by atoms with Gasteiger partial charge in [0, 0.05) is 37.0 Å². The molecule has 2 aromatic rings. The highest BCUT2D eigenvalue weighted by molar-refractivity contribution is 7.14. The standard InChI is InChI=1S/C12H14N4S/c1-2-9(8-13-6-1)12-16-15-11(17-12)5-7-14-10-3-4-10/h1-2,6,8,10,14H,3-5,7H2. The molecular formula is C12H14N4S. The molecule has 0 radical (unpaired) electrons. The number of pyridine rings is 1. The van der Waals surface area contributed by atoms with Crippen LogP contribution in [0.15, 0.2) is 24.5 Å². The molecule has 0 spiro atoms. The number of hydrogen-bond acceptors (Lipinski definition) is 5. The average molecular weight is 246 g/mol. The lowest BCUT2D eigenvalue weighted by atomic mass is 10.3. The van der Waals surface area contributed by atoms with E-state index in [9.17, 15) is 0 Å². The van der Waals surface area contributed by atoms with Crippen molar-refractivity contribution in [3.8, 4) is 10.6 Å². The van der Waals surface area contributed by atoms with Crippen molar-refractivity contribution < 1.29 is 0 Å². The van der Waals surface area contributed by atoms with E-state index in [2.05, 4.69) is 20.5 Å². The van der Waals surface area contributed by atoms with Gasteiger partial charge in [-0.2, -0.15) is 0 Å². The molecule has 1 aliphatic rings. The molecular weight excluding hydrogens is 232 g/mol. The van der Waals surface area contributed by atoms with Crippen molar-refractivity contribution >= 4 is 11.3 Å². The molecule has 0 unspecified atom stereocenters. The molecule has 3 rings (SSSR count). The summed E-state index contributed by atoms with van der Waals surface area (Å²) in [5, 5.41) is 13.9. The summed E-state index contributed by atoms with van der Waals surface area (Å²) in [5.41, 5.74) is 1.05. The maximum atomic E-state index is 4.21. The molecule has 1 aliphatic carbocycles. The lowest BCUT2D eigenvalue weighted by molar-refractivity contribution is 0.677. The third kappa shape index (κ3) is 2.87. The van der Waals surface area contributed by atoms with Crippen molar-refractivity contribution in [3.05, 3.63) is 29.5 Å². The van der Waals surface area contributed by atoms with Crippen LogP contribution in [0.1, 0.15) is 17.8 Å². The van der Waals surface area contributed by atoms with Crippen LogP contribution in [-0.2, 0) is 6.42 Å². The van der Waals surface area contributed by atoms with E-state index in [0.717, 1.165) is 34.6 Å². The SMILES string of the molecule is c1cncc(-c2nnc(CCNC3CC3)s2)c1. The van der Waals surface area contributed by atoms with Crippen LogP contribution in [0, 0.1) is 0 Å². The third-order valence-corrected chi connectivity index (χ3v) is 3.76. The third-order valence-electron chi connectivity index (χ3n) is 2.72. The Morgan fingerprint density at radius 3 is 3.06 bits per heavy atom. The molecule has 2 heterocycles. The van der Waals surface area contributed by atoms with Crippen LogP contribution in [0.2, 0.25) is 0 Å². The Bertz CT molecular complexity index is 478. The molecule has 1 fully saturated rings. The van der Waals surface area contributed by atoms with E-state index in [1.807, 2.05) is 18.3 Å². The van der Waals surface area contributed by atoms with E-state index in [0.29, 0.717) is 0 Å². The summed E-state index contributed by atoms with van der Waals surface area (Å²) >= 11 is 1.66. The summed E-state index contributed by atoms with van der Waals surface area (Å²) in [7, 11) is 0. The zero-order valence-corrected chi connectivity index (χ0v) is 10.3. The van der Waals surface area contributed by atoms with Gasteiger partial charge in [-0.1, -0.05) is 11.3 Å². The molecule has 0 amide bonds. The van der Waals surface area contributed by atoms with Gasteiger partial charge >= 0.3 is 0 Å². The van der Waals surface area contributed by atoms with E-state index in [1.54, 1.807) is 17.5 Å². The quantitative estimate of drug-likeness (QED) is 0.875. The van der Waals surface area contributed by atoms with Gasteiger partial charge in [-0.15, -0.1) is 10.2 Å². The smallest absolute Gasteiger partial charge is 0.149 e. The maximum Gasteiger partial charge on any atom is 0.149 e. The molecule has 5 heteroatoms. The Morgan fingerprint density at radius 2 is 2.29 bits per heavy atom. The van der Waals surface area contributed by atoms with Gasteiger partial charge in [0.05, 0.1) is 0 Å². The second kappa shape index (κ2) is 4.89. The highest BCUT2D eigenvalue weighted by atomic mass is 32.1. The van der Waals surface area contributed by atoms with Gasteiger partial charge < -0.3 is 5.32 Å². The van der Waals surface area contributed by atoms with Gasteiger partial charge in [-0.25, -0.2) is 0 Å². The van der Waals surface area contributed by atoms with Crippen molar-refractivity contribution in [2.45, 2.75) is 25.3 Å². The number of nitrogens with zero attached hydrogens (tertiary/aromatic N) is 3. The summed E-state index contributed by atoms with van der Waals surface area (Å²) < 4.78 is 0. The van der Waals surface area contributed by atoms with Gasteiger partial charge in [0.1, 0.15) is 10.0 Å².